The molecule has 2 rings (SSSR count). The Morgan fingerprint density at radius 2 is 2.50 bits per heavy atom. The summed E-state index contributed by atoms with van der Waals surface area (Å²) < 4.78 is 0. The van der Waals surface area contributed by atoms with E-state index in [1.54, 1.807) is 11.3 Å². The Kier molecular flexibility index (Phi) is 4.31. The summed E-state index contributed by atoms with van der Waals surface area (Å²) in [6, 6.07) is 0.802. The molecule has 2 N–H and O–H groups in total. The Labute approximate surface area is 94.7 Å². The maximum atomic E-state index is 5.86. The standard InChI is InChI=1S/C9H15N3S.ClH/c1-7(9-11-3-5-13-9)12-4-2-8(10)6-12;/h3,5,7-8H,2,4,6,10H2,1H3;1H/t7?,8-;/m1./s1. The predicted molar refractivity (Wildman–Crippen MR) is 61.9 cm³/mol. The number of likely N-dealkylation sites (tertiary alicyclic amines) is 1. The fraction of sp³-hybridized carbons (Fsp3) is 0.667. The lowest BCUT2D eigenvalue weighted by molar-refractivity contribution is 0.259. The van der Waals surface area contributed by atoms with Crippen LogP contribution in [0.15, 0.2) is 11.6 Å². The van der Waals surface area contributed by atoms with E-state index in [1.165, 1.54) is 5.01 Å². The number of halogens is 1. The molecule has 14 heavy (non-hydrogen) atoms. The van der Waals surface area contributed by atoms with E-state index < -0.39 is 0 Å². The number of rotatable bonds is 2. The average Bonchev–Trinajstić information content (AvgIpc) is 2.72. The first-order valence-electron chi connectivity index (χ1n) is 4.66. The number of aromatic nitrogens is 1. The van der Waals surface area contributed by atoms with Gasteiger partial charge in [-0.25, -0.2) is 4.98 Å². The van der Waals surface area contributed by atoms with Crippen molar-refractivity contribution in [2.45, 2.75) is 25.4 Å². The molecule has 1 saturated heterocycles. The highest BCUT2D eigenvalue weighted by atomic mass is 35.5. The van der Waals surface area contributed by atoms with Crippen LogP contribution in [-0.2, 0) is 0 Å². The SMILES string of the molecule is CC(c1nccs1)N1CC[C@@H](N)C1.Cl. The van der Waals surface area contributed by atoms with Gasteiger partial charge in [0, 0.05) is 30.7 Å². The van der Waals surface area contributed by atoms with Gasteiger partial charge in [0.15, 0.2) is 0 Å². The molecule has 1 fully saturated rings. The zero-order valence-electron chi connectivity index (χ0n) is 8.22. The van der Waals surface area contributed by atoms with Gasteiger partial charge in [-0.15, -0.1) is 23.7 Å². The molecular weight excluding hydrogens is 218 g/mol. The van der Waals surface area contributed by atoms with E-state index in [4.69, 9.17) is 5.73 Å². The molecule has 1 aromatic rings. The van der Waals surface area contributed by atoms with Gasteiger partial charge in [-0.2, -0.15) is 0 Å². The second-order valence-electron chi connectivity index (χ2n) is 3.59. The van der Waals surface area contributed by atoms with Crippen molar-refractivity contribution in [3.63, 3.8) is 0 Å². The zero-order valence-corrected chi connectivity index (χ0v) is 9.85. The predicted octanol–water partition coefficient (Wildman–Crippen LogP) is 1.66. The molecule has 3 nitrogen and oxygen atoms in total. The van der Waals surface area contributed by atoms with E-state index in [9.17, 15) is 0 Å². The molecule has 0 saturated carbocycles. The first-order chi connectivity index (χ1) is 6.27. The molecule has 0 amide bonds. The monoisotopic (exact) mass is 233 g/mol. The quantitative estimate of drug-likeness (QED) is 0.845. The van der Waals surface area contributed by atoms with Gasteiger partial charge in [0.25, 0.3) is 0 Å². The topological polar surface area (TPSA) is 42.2 Å². The van der Waals surface area contributed by atoms with Gasteiger partial charge >= 0.3 is 0 Å². The number of nitrogens with two attached hydrogens (primary N) is 1. The minimum atomic E-state index is 0. The molecule has 80 valence electrons. The van der Waals surface area contributed by atoms with Crippen LogP contribution in [-0.4, -0.2) is 29.0 Å². The molecule has 1 aliphatic heterocycles. The van der Waals surface area contributed by atoms with Crippen molar-refractivity contribution >= 4 is 23.7 Å². The van der Waals surface area contributed by atoms with Gasteiger partial charge in [-0.1, -0.05) is 0 Å². The van der Waals surface area contributed by atoms with Gasteiger partial charge in [-0.05, 0) is 13.3 Å². The highest BCUT2D eigenvalue weighted by Crippen LogP contribution is 2.25. The maximum Gasteiger partial charge on any atom is 0.109 e. The van der Waals surface area contributed by atoms with Crippen LogP contribution in [0.2, 0.25) is 0 Å². The van der Waals surface area contributed by atoms with E-state index in [-0.39, 0.29) is 12.4 Å². The first-order valence-corrected chi connectivity index (χ1v) is 5.54. The van der Waals surface area contributed by atoms with Gasteiger partial charge in [0.05, 0.1) is 6.04 Å². The van der Waals surface area contributed by atoms with Crippen molar-refractivity contribution in [3.8, 4) is 0 Å². The Hall–Kier alpha value is -0.160. The van der Waals surface area contributed by atoms with E-state index in [0.717, 1.165) is 19.5 Å². The van der Waals surface area contributed by atoms with Crippen LogP contribution in [0.3, 0.4) is 0 Å². The third-order valence-corrected chi connectivity index (χ3v) is 3.56. The summed E-state index contributed by atoms with van der Waals surface area (Å²) in [4.78, 5) is 6.73. The summed E-state index contributed by atoms with van der Waals surface area (Å²) in [7, 11) is 0. The molecule has 2 heterocycles. The minimum Gasteiger partial charge on any atom is -0.326 e. The average molecular weight is 234 g/mol. The van der Waals surface area contributed by atoms with Crippen molar-refractivity contribution in [2.75, 3.05) is 13.1 Å². The first kappa shape index (κ1) is 11.9. The second kappa shape index (κ2) is 5.07. The van der Waals surface area contributed by atoms with Crippen LogP contribution in [0.5, 0.6) is 0 Å². The van der Waals surface area contributed by atoms with Crippen LogP contribution in [0, 0.1) is 0 Å². The lowest BCUT2D eigenvalue weighted by Gasteiger charge is -2.21. The van der Waals surface area contributed by atoms with Crippen LogP contribution < -0.4 is 5.73 Å². The molecule has 2 atom stereocenters. The summed E-state index contributed by atoms with van der Waals surface area (Å²) in [5.74, 6) is 0. The van der Waals surface area contributed by atoms with E-state index in [2.05, 4.69) is 16.8 Å². The van der Waals surface area contributed by atoms with Crippen molar-refractivity contribution in [2.24, 2.45) is 5.73 Å². The second-order valence-corrected chi connectivity index (χ2v) is 4.52. The van der Waals surface area contributed by atoms with E-state index in [1.807, 2.05) is 11.6 Å². The summed E-state index contributed by atoms with van der Waals surface area (Å²) in [6.07, 6.45) is 2.99. The molecule has 0 radical (unpaired) electrons. The molecule has 5 heteroatoms. The van der Waals surface area contributed by atoms with Gasteiger partial charge in [0.1, 0.15) is 5.01 Å². The molecule has 0 bridgehead atoms. The number of thiazole rings is 1. The molecule has 1 aliphatic rings. The van der Waals surface area contributed by atoms with E-state index in [0.29, 0.717) is 12.1 Å². The fourth-order valence-corrected chi connectivity index (χ4v) is 2.49. The fourth-order valence-electron chi connectivity index (χ4n) is 1.76. The number of hydrogen-bond donors (Lipinski definition) is 1. The van der Waals surface area contributed by atoms with Gasteiger partial charge in [0.2, 0.25) is 0 Å². The van der Waals surface area contributed by atoms with Crippen molar-refractivity contribution in [1.82, 2.24) is 9.88 Å². The highest BCUT2D eigenvalue weighted by molar-refractivity contribution is 7.09. The normalized spacial score (nSPS) is 24.6. The van der Waals surface area contributed by atoms with Crippen molar-refractivity contribution in [3.05, 3.63) is 16.6 Å². The Bertz CT molecular complexity index is 265. The van der Waals surface area contributed by atoms with Gasteiger partial charge in [-0.3, -0.25) is 4.90 Å². The van der Waals surface area contributed by atoms with Crippen LogP contribution in [0.4, 0.5) is 0 Å². The highest BCUT2D eigenvalue weighted by Gasteiger charge is 2.25. The lowest BCUT2D eigenvalue weighted by Crippen LogP contribution is -2.28. The summed E-state index contributed by atoms with van der Waals surface area (Å²) in [6.45, 7) is 4.33. The zero-order chi connectivity index (χ0) is 9.26. The van der Waals surface area contributed by atoms with Crippen LogP contribution >= 0.6 is 23.7 Å². The smallest absolute Gasteiger partial charge is 0.109 e. The molecule has 0 aromatic carbocycles. The summed E-state index contributed by atoms with van der Waals surface area (Å²) in [5, 5.41) is 3.23. The Balaban J connectivity index is 0.000000980. The van der Waals surface area contributed by atoms with Crippen LogP contribution in [0.1, 0.15) is 24.4 Å². The molecule has 0 spiro atoms. The molecule has 1 aromatic heterocycles. The largest absolute Gasteiger partial charge is 0.326 e. The molecular formula is C9H16ClN3S. The van der Waals surface area contributed by atoms with Crippen molar-refractivity contribution in [1.29, 1.82) is 0 Å². The third-order valence-electron chi connectivity index (χ3n) is 2.61. The number of nitrogens with zero attached hydrogens (tertiary/aromatic N) is 2. The minimum absolute atomic E-state index is 0. The third kappa shape index (κ3) is 2.45. The molecule has 0 aliphatic carbocycles. The van der Waals surface area contributed by atoms with Crippen molar-refractivity contribution < 1.29 is 0 Å². The number of hydrogen-bond acceptors (Lipinski definition) is 4. The Morgan fingerprint density at radius 1 is 1.71 bits per heavy atom. The summed E-state index contributed by atoms with van der Waals surface area (Å²) >= 11 is 1.73. The summed E-state index contributed by atoms with van der Waals surface area (Å²) in [5.41, 5.74) is 5.86. The Morgan fingerprint density at radius 3 is 3.00 bits per heavy atom. The van der Waals surface area contributed by atoms with Gasteiger partial charge < -0.3 is 5.73 Å². The van der Waals surface area contributed by atoms with Crippen LogP contribution in [0.25, 0.3) is 0 Å². The maximum absolute atomic E-state index is 5.86. The lowest BCUT2D eigenvalue weighted by atomic mass is 10.3. The molecule has 1 unspecified atom stereocenters. The van der Waals surface area contributed by atoms with E-state index >= 15 is 0 Å².